The zero-order valence-corrected chi connectivity index (χ0v) is 10.1. The molecule has 1 fully saturated rings. The number of benzene rings is 1. The highest BCUT2D eigenvalue weighted by Crippen LogP contribution is 2.43. The Hall–Kier alpha value is -0.240. The molecule has 0 unspecified atom stereocenters. The molecule has 0 saturated heterocycles. The van der Waals surface area contributed by atoms with E-state index in [1.54, 1.807) is 0 Å². The second-order valence-corrected chi connectivity index (χ2v) is 5.16. The fourth-order valence-corrected chi connectivity index (χ4v) is 3.03. The molecule has 82 valence electrons. The van der Waals surface area contributed by atoms with Crippen molar-refractivity contribution in [2.45, 2.75) is 31.1 Å². The van der Waals surface area contributed by atoms with Gasteiger partial charge in [0.1, 0.15) is 0 Å². The summed E-state index contributed by atoms with van der Waals surface area (Å²) in [6.07, 6.45) is 4.73. The number of hydrogen-bond donors (Lipinski definition) is 1. The predicted octanol–water partition coefficient (Wildman–Crippen LogP) is 3.76. The van der Waals surface area contributed by atoms with E-state index in [1.807, 2.05) is 18.2 Å². The van der Waals surface area contributed by atoms with E-state index in [0.29, 0.717) is 6.54 Å². The molecule has 0 amide bonds. The van der Waals surface area contributed by atoms with Crippen molar-refractivity contribution in [3.8, 4) is 0 Å². The summed E-state index contributed by atoms with van der Waals surface area (Å²) in [6.45, 7) is 0.660. The Labute approximate surface area is 101 Å². The highest BCUT2D eigenvalue weighted by atomic mass is 35.5. The van der Waals surface area contributed by atoms with Crippen LogP contribution in [0.25, 0.3) is 0 Å². The first-order valence-corrected chi connectivity index (χ1v) is 6.09. The van der Waals surface area contributed by atoms with Crippen LogP contribution in [0.5, 0.6) is 0 Å². The summed E-state index contributed by atoms with van der Waals surface area (Å²) in [7, 11) is 0. The molecular weight excluding hydrogens is 229 g/mol. The van der Waals surface area contributed by atoms with Crippen LogP contribution in [0.3, 0.4) is 0 Å². The van der Waals surface area contributed by atoms with Crippen molar-refractivity contribution in [1.29, 1.82) is 0 Å². The van der Waals surface area contributed by atoms with Gasteiger partial charge in [-0.05, 0) is 36.6 Å². The number of nitrogens with two attached hydrogens (primary N) is 1. The summed E-state index contributed by atoms with van der Waals surface area (Å²) in [5.41, 5.74) is 7.13. The molecule has 2 rings (SSSR count). The third-order valence-corrected chi connectivity index (χ3v) is 4.02. The maximum absolute atomic E-state index is 6.23. The van der Waals surface area contributed by atoms with Crippen LogP contribution in [0.1, 0.15) is 31.2 Å². The first-order chi connectivity index (χ1) is 7.18. The second-order valence-electron chi connectivity index (χ2n) is 4.32. The zero-order valence-electron chi connectivity index (χ0n) is 8.60. The van der Waals surface area contributed by atoms with Gasteiger partial charge < -0.3 is 5.73 Å². The molecule has 15 heavy (non-hydrogen) atoms. The van der Waals surface area contributed by atoms with Crippen LogP contribution in [-0.2, 0) is 5.41 Å². The van der Waals surface area contributed by atoms with Gasteiger partial charge in [-0.1, -0.05) is 36.0 Å². The van der Waals surface area contributed by atoms with Crippen LogP contribution in [-0.4, -0.2) is 6.54 Å². The molecule has 1 saturated carbocycles. The molecule has 3 heteroatoms. The third kappa shape index (κ3) is 2.01. The average Bonchev–Trinajstić information content (AvgIpc) is 2.71. The smallest absolute Gasteiger partial charge is 0.0445 e. The zero-order chi connectivity index (χ0) is 10.9. The van der Waals surface area contributed by atoms with E-state index < -0.39 is 0 Å². The summed E-state index contributed by atoms with van der Waals surface area (Å²) < 4.78 is 0. The summed E-state index contributed by atoms with van der Waals surface area (Å²) in [6, 6.07) is 5.67. The Kier molecular flexibility index (Phi) is 3.24. The first kappa shape index (κ1) is 11.3. The Morgan fingerprint density at radius 2 is 1.87 bits per heavy atom. The van der Waals surface area contributed by atoms with Gasteiger partial charge in [0.05, 0.1) is 0 Å². The normalized spacial score (nSPS) is 19.4. The van der Waals surface area contributed by atoms with Crippen LogP contribution in [0.4, 0.5) is 0 Å². The minimum atomic E-state index is 0.0714. The van der Waals surface area contributed by atoms with Gasteiger partial charge in [0.25, 0.3) is 0 Å². The van der Waals surface area contributed by atoms with E-state index in [-0.39, 0.29) is 5.41 Å². The topological polar surface area (TPSA) is 26.0 Å². The van der Waals surface area contributed by atoms with Crippen molar-refractivity contribution in [1.82, 2.24) is 0 Å². The molecule has 0 radical (unpaired) electrons. The van der Waals surface area contributed by atoms with E-state index in [0.717, 1.165) is 28.5 Å². The summed E-state index contributed by atoms with van der Waals surface area (Å²) in [5, 5.41) is 1.54. The lowest BCUT2D eigenvalue weighted by molar-refractivity contribution is 0.453. The summed E-state index contributed by atoms with van der Waals surface area (Å²) >= 11 is 12.2. The van der Waals surface area contributed by atoms with Crippen molar-refractivity contribution >= 4 is 23.2 Å². The summed E-state index contributed by atoms with van der Waals surface area (Å²) in [5.74, 6) is 0. The van der Waals surface area contributed by atoms with Gasteiger partial charge in [-0.3, -0.25) is 0 Å². The number of rotatable bonds is 2. The van der Waals surface area contributed by atoms with Gasteiger partial charge in [0, 0.05) is 22.0 Å². The van der Waals surface area contributed by atoms with E-state index >= 15 is 0 Å². The van der Waals surface area contributed by atoms with E-state index in [9.17, 15) is 0 Å². The van der Waals surface area contributed by atoms with Crippen LogP contribution in [0.2, 0.25) is 10.0 Å². The maximum atomic E-state index is 6.23. The van der Waals surface area contributed by atoms with Crippen molar-refractivity contribution < 1.29 is 0 Å². The number of halogens is 2. The van der Waals surface area contributed by atoms with Gasteiger partial charge in [-0.25, -0.2) is 0 Å². The lowest BCUT2D eigenvalue weighted by atomic mass is 9.79. The molecule has 0 aliphatic heterocycles. The SMILES string of the molecule is NCC1(c2cc(Cl)ccc2Cl)CCCC1. The second kappa shape index (κ2) is 4.32. The molecule has 0 spiro atoms. The van der Waals surface area contributed by atoms with E-state index in [4.69, 9.17) is 28.9 Å². The molecule has 2 N–H and O–H groups in total. The van der Waals surface area contributed by atoms with E-state index in [1.165, 1.54) is 12.8 Å². The Morgan fingerprint density at radius 1 is 1.20 bits per heavy atom. The van der Waals surface area contributed by atoms with Crippen molar-refractivity contribution in [2.24, 2.45) is 5.73 Å². The Balaban J connectivity index is 2.46. The van der Waals surface area contributed by atoms with E-state index in [2.05, 4.69) is 0 Å². The minimum Gasteiger partial charge on any atom is -0.330 e. The van der Waals surface area contributed by atoms with Crippen LogP contribution >= 0.6 is 23.2 Å². The molecular formula is C12H15Cl2N. The monoisotopic (exact) mass is 243 g/mol. The van der Waals surface area contributed by atoms with Gasteiger partial charge in [-0.15, -0.1) is 0 Å². The Morgan fingerprint density at radius 3 is 2.47 bits per heavy atom. The molecule has 1 aromatic carbocycles. The van der Waals surface area contributed by atoms with Crippen LogP contribution in [0, 0.1) is 0 Å². The maximum Gasteiger partial charge on any atom is 0.0445 e. The van der Waals surface area contributed by atoms with Crippen molar-refractivity contribution in [3.05, 3.63) is 33.8 Å². The average molecular weight is 244 g/mol. The van der Waals surface area contributed by atoms with Gasteiger partial charge in [0.2, 0.25) is 0 Å². The third-order valence-electron chi connectivity index (χ3n) is 3.45. The summed E-state index contributed by atoms with van der Waals surface area (Å²) in [4.78, 5) is 0. The Bertz CT molecular complexity index is 357. The standard InChI is InChI=1S/C12H15Cl2N/c13-9-3-4-11(14)10(7-9)12(8-15)5-1-2-6-12/h3-4,7H,1-2,5-6,8,15H2. The fraction of sp³-hybridized carbons (Fsp3) is 0.500. The molecule has 1 nitrogen and oxygen atoms in total. The molecule has 0 bridgehead atoms. The highest BCUT2D eigenvalue weighted by Gasteiger charge is 2.35. The number of hydrogen-bond acceptors (Lipinski definition) is 1. The van der Waals surface area contributed by atoms with Gasteiger partial charge >= 0.3 is 0 Å². The molecule has 1 aliphatic rings. The van der Waals surface area contributed by atoms with Crippen molar-refractivity contribution in [3.63, 3.8) is 0 Å². The highest BCUT2D eigenvalue weighted by molar-refractivity contribution is 6.33. The largest absolute Gasteiger partial charge is 0.330 e. The lowest BCUT2D eigenvalue weighted by Crippen LogP contribution is -2.32. The van der Waals surface area contributed by atoms with Gasteiger partial charge in [0.15, 0.2) is 0 Å². The van der Waals surface area contributed by atoms with Crippen LogP contribution in [0.15, 0.2) is 18.2 Å². The molecule has 1 aliphatic carbocycles. The first-order valence-electron chi connectivity index (χ1n) is 5.33. The molecule has 0 aromatic heterocycles. The van der Waals surface area contributed by atoms with Gasteiger partial charge in [-0.2, -0.15) is 0 Å². The minimum absolute atomic E-state index is 0.0714. The lowest BCUT2D eigenvalue weighted by Gasteiger charge is -2.29. The molecule has 0 heterocycles. The quantitative estimate of drug-likeness (QED) is 0.842. The predicted molar refractivity (Wildman–Crippen MR) is 65.7 cm³/mol. The fourth-order valence-electron chi connectivity index (χ4n) is 2.54. The molecule has 1 aromatic rings. The van der Waals surface area contributed by atoms with Crippen molar-refractivity contribution in [2.75, 3.05) is 6.54 Å². The van der Waals surface area contributed by atoms with Crippen LogP contribution < -0.4 is 5.73 Å². The molecule has 0 atom stereocenters.